The van der Waals surface area contributed by atoms with Crippen LogP contribution in [0.4, 0.5) is 17.6 Å². The Morgan fingerprint density at radius 2 is 1.96 bits per heavy atom. The van der Waals surface area contributed by atoms with Gasteiger partial charge in [0.05, 0.1) is 13.1 Å². The Bertz CT molecular complexity index is 558. The Morgan fingerprint density at radius 3 is 2.56 bits per heavy atom. The van der Waals surface area contributed by atoms with E-state index >= 15 is 0 Å². The molecule has 0 fully saturated rings. The van der Waals surface area contributed by atoms with Gasteiger partial charge in [-0.25, -0.2) is 9.38 Å². The predicted octanol–water partition coefficient (Wildman–Crippen LogP) is 3.07. The van der Waals surface area contributed by atoms with Crippen molar-refractivity contribution in [1.82, 2.24) is 15.5 Å². The van der Waals surface area contributed by atoms with Crippen LogP contribution in [0.5, 0.6) is 0 Å². The van der Waals surface area contributed by atoms with E-state index < -0.39 is 12.7 Å². The van der Waals surface area contributed by atoms with Crippen LogP contribution in [0.25, 0.3) is 0 Å². The van der Waals surface area contributed by atoms with Crippen LogP contribution < -0.4 is 10.6 Å². The van der Waals surface area contributed by atoms with Gasteiger partial charge >= 0.3 is 6.18 Å². The monoisotopic (exact) mass is 362 g/mol. The molecule has 0 aliphatic rings. The first-order chi connectivity index (χ1) is 11.7. The second-order valence-corrected chi connectivity index (χ2v) is 5.91. The van der Waals surface area contributed by atoms with Crippen LogP contribution in [0.1, 0.15) is 24.5 Å². The van der Waals surface area contributed by atoms with E-state index in [-0.39, 0.29) is 5.82 Å². The molecule has 0 aliphatic heterocycles. The highest BCUT2D eigenvalue weighted by Crippen LogP contribution is 2.15. The molecular weight excluding hydrogens is 336 g/mol. The highest BCUT2D eigenvalue weighted by molar-refractivity contribution is 5.79. The Balaban J connectivity index is 2.44. The van der Waals surface area contributed by atoms with Gasteiger partial charge in [0.1, 0.15) is 5.82 Å². The van der Waals surface area contributed by atoms with E-state index in [4.69, 9.17) is 0 Å². The second kappa shape index (κ2) is 10.2. The van der Waals surface area contributed by atoms with Crippen LogP contribution in [0, 0.1) is 12.7 Å². The normalized spacial score (nSPS) is 12.6. The maximum atomic E-state index is 13.3. The SMILES string of the molecule is CCNC(=NCc1ccc(F)c(C)c1)NCCCN(C)CC(F)(F)F. The summed E-state index contributed by atoms with van der Waals surface area (Å²) in [5, 5.41) is 6.17. The molecule has 0 radical (unpaired) electrons. The van der Waals surface area contributed by atoms with Gasteiger partial charge in [-0.2, -0.15) is 13.2 Å². The van der Waals surface area contributed by atoms with Gasteiger partial charge in [0.15, 0.2) is 5.96 Å². The molecule has 0 atom stereocenters. The quantitative estimate of drug-likeness (QED) is 0.323. The number of nitrogens with zero attached hydrogens (tertiary/aromatic N) is 2. The minimum absolute atomic E-state index is 0.249. The van der Waals surface area contributed by atoms with Gasteiger partial charge in [-0.3, -0.25) is 4.90 Å². The molecule has 0 unspecified atom stereocenters. The van der Waals surface area contributed by atoms with E-state index in [2.05, 4.69) is 15.6 Å². The van der Waals surface area contributed by atoms with Crippen LogP contribution in [-0.2, 0) is 6.54 Å². The lowest BCUT2D eigenvalue weighted by molar-refractivity contribution is -0.143. The van der Waals surface area contributed by atoms with Gasteiger partial charge in [0.2, 0.25) is 0 Å². The molecule has 0 heterocycles. The van der Waals surface area contributed by atoms with Crippen LogP contribution in [0.15, 0.2) is 23.2 Å². The zero-order chi connectivity index (χ0) is 18.9. The predicted molar refractivity (Wildman–Crippen MR) is 92.1 cm³/mol. The maximum Gasteiger partial charge on any atom is 0.401 e. The molecule has 142 valence electrons. The fourth-order valence-electron chi connectivity index (χ4n) is 2.26. The molecule has 8 heteroatoms. The number of hydrogen-bond donors (Lipinski definition) is 2. The van der Waals surface area contributed by atoms with Crippen LogP contribution >= 0.6 is 0 Å². The molecule has 1 rings (SSSR count). The number of benzene rings is 1. The number of rotatable bonds is 8. The third kappa shape index (κ3) is 9.28. The minimum atomic E-state index is -4.17. The molecule has 4 nitrogen and oxygen atoms in total. The number of nitrogens with one attached hydrogen (secondary N) is 2. The molecule has 0 saturated heterocycles. The summed E-state index contributed by atoms with van der Waals surface area (Å²) < 4.78 is 50.0. The zero-order valence-corrected chi connectivity index (χ0v) is 14.9. The fraction of sp³-hybridized carbons (Fsp3) is 0.588. The van der Waals surface area contributed by atoms with Crippen LogP contribution in [-0.4, -0.2) is 50.3 Å². The van der Waals surface area contributed by atoms with Crippen molar-refractivity contribution in [3.05, 3.63) is 35.1 Å². The Hall–Kier alpha value is -1.83. The van der Waals surface area contributed by atoms with Gasteiger partial charge in [-0.1, -0.05) is 12.1 Å². The van der Waals surface area contributed by atoms with E-state index in [1.54, 1.807) is 19.1 Å². The average Bonchev–Trinajstić information content (AvgIpc) is 2.50. The van der Waals surface area contributed by atoms with Gasteiger partial charge in [0.25, 0.3) is 0 Å². The van der Waals surface area contributed by atoms with Gasteiger partial charge in [0, 0.05) is 13.1 Å². The van der Waals surface area contributed by atoms with Crippen LogP contribution in [0.3, 0.4) is 0 Å². The molecule has 0 saturated carbocycles. The second-order valence-electron chi connectivity index (χ2n) is 5.91. The van der Waals surface area contributed by atoms with Crippen molar-refractivity contribution >= 4 is 5.96 Å². The lowest BCUT2D eigenvalue weighted by Crippen LogP contribution is -2.39. The molecule has 0 spiro atoms. The molecule has 25 heavy (non-hydrogen) atoms. The standard InChI is InChI=1S/C17H26F4N4/c1-4-22-16(23-8-5-9-25(3)12-17(19,20)21)24-11-14-6-7-15(18)13(2)10-14/h6-7,10H,4-5,8-9,11-12H2,1-3H3,(H2,22,23,24). The number of hydrogen-bond acceptors (Lipinski definition) is 2. The fourth-order valence-corrected chi connectivity index (χ4v) is 2.26. The van der Waals surface area contributed by atoms with E-state index in [9.17, 15) is 17.6 Å². The largest absolute Gasteiger partial charge is 0.401 e. The molecule has 0 aliphatic carbocycles. The van der Waals surface area contributed by atoms with Gasteiger partial charge in [-0.15, -0.1) is 0 Å². The van der Waals surface area contributed by atoms with E-state index in [0.717, 1.165) is 5.56 Å². The van der Waals surface area contributed by atoms with Crippen molar-refractivity contribution in [2.45, 2.75) is 33.0 Å². The highest BCUT2D eigenvalue weighted by Gasteiger charge is 2.28. The van der Waals surface area contributed by atoms with E-state index in [1.807, 2.05) is 6.92 Å². The van der Waals surface area contributed by atoms with E-state index in [0.29, 0.717) is 44.1 Å². The summed E-state index contributed by atoms with van der Waals surface area (Å²) in [6, 6.07) is 4.84. The first kappa shape index (κ1) is 21.2. The Morgan fingerprint density at radius 1 is 1.24 bits per heavy atom. The summed E-state index contributed by atoms with van der Waals surface area (Å²) in [6.45, 7) is 4.62. The first-order valence-electron chi connectivity index (χ1n) is 8.23. The van der Waals surface area contributed by atoms with Crippen molar-refractivity contribution < 1.29 is 17.6 Å². The number of alkyl halides is 3. The van der Waals surface area contributed by atoms with Crippen molar-refractivity contribution in [2.24, 2.45) is 4.99 Å². The molecule has 0 aromatic heterocycles. The molecule has 0 bridgehead atoms. The highest BCUT2D eigenvalue weighted by atomic mass is 19.4. The summed E-state index contributed by atoms with van der Waals surface area (Å²) in [7, 11) is 1.45. The van der Waals surface area contributed by atoms with Crippen molar-refractivity contribution in [3.63, 3.8) is 0 Å². The third-order valence-corrected chi connectivity index (χ3v) is 3.44. The summed E-state index contributed by atoms with van der Waals surface area (Å²) in [5.74, 6) is 0.337. The van der Waals surface area contributed by atoms with Crippen LogP contribution in [0.2, 0.25) is 0 Å². The van der Waals surface area contributed by atoms with Gasteiger partial charge < -0.3 is 10.6 Å². The lowest BCUT2D eigenvalue weighted by Gasteiger charge is -2.19. The number of aliphatic imine (C=N–C) groups is 1. The average molecular weight is 362 g/mol. The number of guanidine groups is 1. The van der Waals surface area contributed by atoms with E-state index in [1.165, 1.54) is 18.0 Å². The number of aryl methyl sites for hydroxylation is 1. The first-order valence-corrected chi connectivity index (χ1v) is 8.23. The van der Waals surface area contributed by atoms with Gasteiger partial charge in [-0.05, 0) is 51.1 Å². The van der Waals surface area contributed by atoms with Crippen molar-refractivity contribution in [1.29, 1.82) is 0 Å². The molecule has 1 aromatic carbocycles. The lowest BCUT2D eigenvalue weighted by atomic mass is 10.1. The Kier molecular flexibility index (Phi) is 8.68. The number of halogens is 4. The molecule has 1 aromatic rings. The smallest absolute Gasteiger partial charge is 0.357 e. The van der Waals surface area contributed by atoms with Crippen molar-refractivity contribution in [2.75, 3.05) is 33.2 Å². The summed E-state index contributed by atoms with van der Waals surface area (Å²) >= 11 is 0. The molecule has 0 amide bonds. The summed E-state index contributed by atoms with van der Waals surface area (Å²) in [4.78, 5) is 5.65. The molecule has 2 N–H and O–H groups in total. The summed E-state index contributed by atoms with van der Waals surface area (Å²) in [5.41, 5.74) is 1.46. The topological polar surface area (TPSA) is 39.7 Å². The zero-order valence-electron chi connectivity index (χ0n) is 14.9. The van der Waals surface area contributed by atoms with Crippen molar-refractivity contribution in [3.8, 4) is 0 Å². The molecular formula is C17H26F4N4. The summed E-state index contributed by atoms with van der Waals surface area (Å²) in [6.07, 6.45) is -3.61. The maximum absolute atomic E-state index is 13.3. The minimum Gasteiger partial charge on any atom is -0.357 e. The third-order valence-electron chi connectivity index (χ3n) is 3.44. The Labute approximate surface area is 146 Å².